The largest absolute Gasteiger partial charge is 0.356 e. The number of likely N-dealkylation sites (tertiary alicyclic amines) is 2. The molecule has 1 amide bonds. The van der Waals surface area contributed by atoms with Crippen LogP contribution in [0.15, 0.2) is 4.99 Å². The molecule has 0 aromatic carbocycles. The molecule has 0 aromatic heterocycles. The Morgan fingerprint density at radius 3 is 2.25 bits per heavy atom. The van der Waals surface area contributed by atoms with Crippen molar-refractivity contribution >= 4 is 11.9 Å². The Labute approximate surface area is 171 Å². The summed E-state index contributed by atoms with van der Waals surface area (Å²) in [5.74, 6) is 1.12. The fourth-order valence-corrected chi connectivity index (χ4v) is 4.36. The number of amides is 1. The first-order chi connectivity index (χ1) is 13.5. The van der Waals surface area contributed by atoms with Gasteiger partial charge in [-0.1, -0.05) is 6.42 Å². The Morgan fingerprint density at radius 1 is 1.00 bits per heavy atom. The molecule has 2 heterocycles. The summed E-state index contributed by atoms with van der Waals surface area (Å²) >= 11 is 0. The number of carbonyl (C=O) groups is 1. The maximum atomic E-state index is 12.3. The molecule has 2 fully saturated rings. The lowest BCUT2D eigenvalue weighted by Crippen LogP contribution is -2.44. The second-order valence-corrected chi connectivity index (χ2v) is 8.44. The van der Waals surface area contributed by atoms with Gasteiger partial charge < -0.3 is 20.4 Å². The third-order valence-electron chi connectivity index (χ3n) is 6.08. The van der Waals surface area contributed by atoms with Gasteiger partial charge >= 0.3 is 0 Å². The third kappa shape index (κ3) is 7.24. The molecule has 0 spiro atoms. The predicted molar refractivity (Wildman–Crippen MR) is 117 cm³/mol. The van der Waals surface area contributed by atoms with Gasteiger partial charge in [0.05, 0.1) is 6.04 Å². The zero-order valence-corrected chi connectivity index (χ0v) is 18.5. The predicted octanol–water partition coefficient (Wildman–Crippen LogP) is 1.36. The number of aliphatic imine (C=N–C) groups is 1. The van der Waals surface area contributed by atoms with E-state index >= 15 is 0 Å². The van der Waals surface area contributed by atoms with Crippen LogP contribution in [0.3, 0.4) is 0 Å². The first kappa shape index (κ1) is 22.9. The number of rotatable bonds is 9. The number of likely N-dealkylation sites (N-methyl/N-ethyl adjacent to an activating group) is 1. The molecule has 2 rings (SSSR count). The second kappa shape index (κ2) is 12.3. The standard InChI is InChI=1S/C21H42N6O/c1-18-10-5-6-14-26(18)16-8-12-23-21(22-2)24-13-9-17-27-15-7-11-19(27)20(28)25(3)4/h18-19H,5-17H2,1-4H3,(H2,22,23,24). The smallest absolute Gasteiger partial charge is 0.239 e. The number of hydrogen-bond acceptors (Lipinski definition) is 4. The van der Waals surface area contributed by atoms with E-state index in [9.17, 15) is 4.79 Å². The number of nitrogens with zero attached hydrogens (tertiary/aromatic N) is 4. The quantitative estimate of drug-likeness (QED) is 0.351. The summed E-state index contributed by atoms with van der Waals surface area (Å²) in [5.41, 5.74) is 0. The lowest BCUT2D eigenvalue weighted by molar-refractivity contribution is -0.133. The molecule has 2 unspecified atom stereocenters. The van der Waals surface area contributed by atoms with Gasteiger partial charge in [-0.05, 0) is 58.5 Å². The van der Waals surface area contributed by atoms with Crippen LogP contribution in [0.25, 0.3) is 0 Å². The molecule has 0 radical (unpaired) electrons. The average Bonchev–Trinajstić information content (AvgIpc) is 3.15. The van der Waals surface area contributed by atoms with E-state index in [1.54, 1.807) is 4.90 Å². The molecular formula is C21H42N6O. The van der Waals surface area contributed by atoms with Gasteiger partial charge in [0.1, 0.15) is 0 Å². The van der Waals surface area contributed by atoms with Gasteiger partial charge in [0.2, 0.25) is 5.91 Å². The monoisotopic (exact) mass is 394 g/mol. The molecule has 2 aliphatic heterocycles. The van der Waals surface area contributed by atoms with Crippen LogP contribution >= 0.6 is 0 Å². The SMILES string of the molecule is CN=C(NCCCN1CCCCC1C)NCCCN1CCCC1C(=O)N(C)C. The van der Waals surface area contributed by atoms with E-state index in [0.29, 0.717) is 0 Å². The summed E-state index contributed by atoms with van der Waals surface area (Å²) in [6.07, 6.45) is 8.35. The number of piperidine rings is 1. The fraction of sp³-hybridized carbons (Fsp3) is 0.905. The van der Waals surface area contributed by atoms with Gasteiger partial charge in [0, 0.05) is 53.4 Å². The van der Waals surface area contributed by atoms with Crippen LogP contribution in [0.4, 0.5) is 0 Å². The highest BCUT2D eigenvalue weighted by Gasteiger charge is 2.30. The molecule has 2 atom stereocenters. The molecule has 0 bridgehead atoms. The summed E-state index contributed by atoms with van der Waals surface area (Å²) < 4.78 is 0. The molecular weight excluding hydrogens is 352 g/mol. The van der Waals surface area contributed by atoms with Gasteiger partial charge in [-0.15, -0.1) is 0 Å². The summed E-state index contributed by atoms with van der Waals surface area (Å²) in [7, 11) is 5.53. The van der Waals surface area contributed by atoms with Crippen molar-refractivity contribution in [3.63, 3.8) is 0 Å². The number of nitrogens with one attached hydrogen (secondary N) is 2. The molecule has 162 valence electrons. The highest BCUT2D eigenvalue weighted by molar-refractivity contribution is 5.81. The minimum Gasteiger partial charge on any atom is -0.356 e. The first-order valence-corrected chi connectivity index (χ1v) is 11.2. The molecule has 2 N–H and O–H groups in total. The molecule has 0 aliphatic carbocycles. The van der Waals surface area contributed by atoms with Crippen molar-refractivity contribution in [2.45, 2.75) is 64.0 Å². The molecule has 7 nitrogen and oxygen atoms in total. The van der Waals surface area contributed by atoms with E-state index in [1.165, 1.54) is 32.4 Å². The van der Waals surface area contributed by atoms with Gasteiger partial charge in [-0.2, -0.15) is 0 Å². The van der Waals surface area contributed by atoms with Crippen LogP contribution in [0, 0.1) is 0 Å². The normalized spacial score (nSPS) is 24.4. The van der Waals surface area contributed by atoms with E-state index in [2.05, 4.69) is 32.3 Å². The fourth-order valence-electron chi connectivity index (χ4n) is 4.36. The minimum atomic E-state index is 0.0737. The molecule has 2 saturated heterocycles. The van der Waals surface area contributed by atoms with Gasteiger partial charge in [0.15, 0.2) is 5.96 Å². The third-order valence-corrected chi connectivity index (χ3v) is 6.08. The molecule has 28 heavy (non-hydrogen) atoms. The number of hydrogen-bond donors (Lipinski definition) is 2. The Balaban J connectivity index is 1.57. The maximum Gasteiger partial charge on any atom is 0.239 e. The average molecular weight is 395 g/mol. The summed E-state index contributed by atoms with van der Waals surface area (Å²) in [5, 5.41) is 6.84. The molecule has 0 saturated carbocycles. The van der Waals surface area contributed by atoms with Crippen molar-refractivity contribution in [3.05, 3.63) is 0 Å². The van der Waals surface area contributed by atoms with E-state index in [-0.39, 0.29) is 11.9 Å². The second-order valence-electron chi connectivity index (χ2n) is 8.44. The van der Waals surface area contributed by atoms with Crippen molar-refractivity contribution in [1.29, 1.82) is 0 Å². The topological polar surface area (TPSA) is 63.2 Å². The Bertz CT molecular complexity index is 495. The van der Waals surface area contributed by atoms with Crippen LogP contribution in [-0.4, -0.2) is 99.1 Å². The van der Waals surface area contributed by atoms with Crippen LogP contribution in [0.1, 0.15) is 51.9 Å². The van der Waals surface area contributed by atoms with Gasteiger partial charge in [-0.25, -0.2) is 0 Å². The Hall–Kier alpha value is -1.34. The summed E-state index contributed by atoms with van der Waals surface area (Å²) in [6, 6.07) is 0.810. The Morgan fingerprint density at radius 2 is 1.64 bits per heavy atom. The molecule has 7 heteroatoms. The van der Waals surface area contributed by atoms with Crippen molar-refractivity contribution in [3.8, 4) is 0 Å². The zero-order valence-electron chi connectivity index (χ0n) is 18.5. The van der Waals surface area contributed by atoms with E-state index in [4.69, 9.17) is 0 Å². The zero-order chi connectivity index (χ0) is 20.4. The number of carbonyl (C=O) groups excluding carboxylic acids is 1. The lowest BCUT2D eigenvalue weighted by Gasteiger charge is -2.33. The van der Waals surface area contributed by atoms with E-state index in [1.807, 2.05) is 21.1 Å². The highest BCUT2D eigenvalue weighted by atomic mass is 16.2. The molecule has 2 aliphatic rings. The van der Waals surface area contributed by atoms with Crippen LogP contribution in [0.2, 0.25) is 0 Å². The first-order valence-electron chi connectivity index (χ1n) is 11.2. The van der Waals surface area contributed by atoms with Crippen molar-refractivity contribution in [2.75, 3.05) is 60.4 Å². The minimum absolute atomic E-state index is 0.0737. The van der Waals surface area contributed by atoms with Crippen LogP contribution in [0.5, 0.6) is 0 Å². The lowest BCUT2D eigenvalue weighted by atomic mass is 10.0. The molecule has 0 aromatic rings. The maximum absolute atomic E-state index is 12.3. The van der Waals surface area contributed by atoms with Crippen LogP contribution < -0.4 is 10.6 Å². The van der Waals surface area contributed by atoms with Crippen molar-refractivity contribution < 1.29 is 4.79 Å². The van der Waals surface area contributed by atoms with E-state index in [0.717, 1.165) is 63.9 Å². The van der Waals surface area contributed by atoms with Gasteiger partial charge in [0.25, 0.3) is 0 Å². The summed E-state index contributed by atoms with van der Waals surface area (Å²) in [4.78, 5) is 23.3. The Kier molecular flexibility index (Phi) is 10.1. The highest BCUT2D eigenvalue weighted by Crippen LogP contribution is 2.18. The van der Waals surface area contributed by atoms with Gasteiger partial charge in [-0.3, -0.25) is 14.7 Å². The van der Waals surface area contributed by atoms with Crippen LogP contribution in [-0.2, 0) is 4.79 Å². The van der Waals surface area contributed by atoms with Crippen molar-refractivity contribution in [2.24, 2.45) is 4.99 Å². The summed E-state index contributed by atoms with van der Waals surface area (Å²) in [6.45, 7) is 8.59. The van der Waals surface area contributed by atoms with E-state index < -0.39 is 0 Å². The number of guanidine groups is 1. The van der Waals surface area contributed by atoms with Crippen molar-refractivity contribution in [1.82, 2.24) is 25.3 Å².